The first-order chi connectivity index (χ1) is 16.3. The molecule has 0 fully saturated rings. The first-order valence-electron chi connectivity index (χ1n) is 11.3. The van der Waals surface area contributed by atoms with Crippen molar-refractivity contribution in [1.82, 2.24) is 19.7 Å². The molecule has 5 rings (SSSR count). The fourth-order valence-electron chi connectivity index (χ4n) is 4.20. The van der Waals surface area contributed by atoms with E-state index in [-0.39, 0.29) is 5.91 Å². The summed E-state index contributed by atoms with van der Waals surface area (Å²) in [4.78, 5) is 14.8. The third-order valence-corrected chi connectivity index (χ3v) is 6.94. The van der Waals surface area contributed by atoms with Gasteiger partial charge in [0.2, 0.25) is 5.91 Å². The van der Waals surface area contributed by atoms with Gasteiger partial charge in [0.05, 0.1) is 0 Å². The number of para-hydroxylation sites is 1. The Balaban J connectivity index is 1.23. The Labute approximate surface area is 198 Å². The summed E-state index contributed by atoms with van der Waals surface area (Å²) in [5.41, 5.74) is 4.70. The molecule has 0 saturated heterocycles. The number of carbonyl (C=O) groups is 1. The molecule has 0 saturated carbocycles. The van der Waals surface area contributed by atoms with E-state index < -0.39 is 0 Å². The summed E-state index contributed by atoms with van der Waals surface area (Å²) in [6.07, 6.45) is 2.31. The molecule has 0 unspecified atom stereocenters. The predicted octanol–water partition coefficient (Wildman–Crippen LogP) is 5.39. The molecule has 1 aliphatic rings. The van der Waals surface area contributed by atoms with Crippen molar-refractivity contribution in [3.8, 4) is 17.1 Å². The van der Waals surface area contributed by atoms with Crippen LogP contribution in [-0.4, -0.2) is 37.9 Å². The Morgan fingerprint density at radius 3 is 2.33 bits per heavy atom. The fraction of sp³-hybridized carbons (Fsp3) is 0.222. The smallest absolute Gasteiger partial charge is 0.222 e. The van der Waals surface area contributed by atoms with Crippen LogP contribution in [0.5, 0.6) is 0 Å². The maximum atomic E-state index is 12.8. The van der Waals surface area contributed by atoms with E-state index in [2.05, 4.69) is 51.2 Å². The normalized spacial score (nSPS) is 13.0. The number of aromatic nitrogens is 3. The molecule has 1 amide bonds. The molecule has 0 spiro atoms. The first kappa shape index (κ1) is 21.5. The van der Waals surface area contributed by atoms with E-state index >= 15 is 0 Å². The van der Waals surface area contributed by atoms with E-state index in [0.717, 1.165) is 53.9 Å². The minimum Gasteiger partial charge on any atom is -0.338 e. The third kappa shape index (κ3) is 4.86. The summed E-state index contributed by atoms with van der Waals surface area (Å²) in [6, 6.07) is 28.7. The average molecular weight is 455 g/mol. The van der Waals surface area contributed by atoms with Crippen molar-refractivity contribution in [2.24, 2.45) is 0 Å². The van der Waals surface area contributed by atoms with Crippen LogP contribution in [0.1, 0.15) is 24.0 Å². The summed E-state index contributed by atoms with van der Waals surface area (Å²) in [5, 5.41) is 9.82. The molecule has 0 radical (unpaired) electrons. The largest absolute Gasteiger partial charge is 0.338 e. The average Bonchev–Trinajstić information content (AvgIpc) is 3.31. The SMILES string of the molecule is O=C(CCCSc1nnc(-c2ccccc2)n1-c1ccccc1)N1CCc2ccccc2C1. The van der Waals surface area contributed by atoms with Crippen LogP contribution in [-0.2, 0) is 17.8 Å². The second-order valence-electron chi connectivity index (χ2n) is 8.13. The van der Waals surface area contributed by atoms with Crippen molar-refractivity contribution >= 4 is 17.7 Å². The molecule has 5 nitrogen and oxygen atoms in total. The van der Waals surface area contributed by atoms with Crippen LogP contribution in [0.25, 0.3) is 17.1 Å². The lowest BCUT2D eigenvalue weighted by Crippen LogP contribution is -2.35. The summed E-state index contributed by atoms with van der Waals surface area (Å²) >= 11 is 1.65. The minimum absolute atomic E-state index is 0.236. The highest BCUT2D eigenvalue weighted by Gasteiger charge is 2.20. The van der Waals surface area contributed by atoms with Gasteiger partial charge in [-0.2, -0.15) is 0 Å². The van der Waals surface area contributed by atoms with Gasteiger partial charge in [-0.05, 0) is 36.1 Å². The molecule has 4 aromatic rings. The van der Waals surface area contributed by atoms with Gasteiger partial charge in [-0.1, -0.05) is 84.6 Å². The van der Waals surface area contributed by atoms with E-state index in [9.17, 15) is 4.79 Å². The van der Waals surface area contributed by atoms with Crippen molar-refractivity contribution in [3.05, 3.63) is 96.1 Å². The van der Waals surface area contributed by atoms with Crippen LogP contribution < -0.4 is 0 Å². The predicted molar refractivity (Wildman–Crippen MR) is 132 cm³/mol. The molecule has 6 heteroatoms. The topological polar surface area (TPSA) is 51.0 Å². The van der Waals surface area contributed by atoms with Crippen LogP contribution in [0.3, 0.4) is 0 Å². The Hall–Kier alpha value is -3.38. The molecule has 0 N–H and O–H groups in total. The maximum absolute atomic E-state index is 12.8. The molecule has 1 aromatic heterocycles. The van der Waals surface area contributed by atoms with Gasteiger partial charge < -0.3 is 4.90 Å². The zero-order valence-electron chi connectivity index (χ0n) is 18.4. The van der Waals surface area contributed by atoms with Gasteiger partial charge in [0.25, 0.3) is 0 Å². The zero-order valence-corrected chi connectivity index (χ0v) is 19.2. The zero-order chi connectivity index (χ0) is 22.5. The quantitative estimate of drug-likeness (QED) is 0.277. The van der Waals surface area contributed by atoms with Gasteiger partial charge >= 0.3 is 0 Å². The highest BCUT2D eigenvalue weighted by molar-refractivity contribution is 7.99. The Kier molecular flexibility index (Phi) is 6.53. The van der Waals surface area contributed by atoms with Crippen molar-refractivity contribution < 1.29 is 4.79 Å². The number of carbonyl (C=O) groups excluding carboxylic acids is 1. The number of rotatable bonds is 7. The highest BCUT2D eigenvalue weighted by Crippen LogP contribution is 2.28. The number of hydrogen-bond acceptors (Lipinski definition) is 4. The molecule has 166 valence electrons. The monoisotopic (exact) mass is 454 g/mol. The van der Waals surface area contributed by atoms with Crippen LogP contribution >= 0.6 is 11.8 Å². The van der Waals surface area contributed by atoms with E-state index in [1.54, 1.807) is 11.8 Å². The molecule has 1 aliphatic heterocycles. The fourth-order valence-corrected chi connectivity index (χ4v) is 5.09. The van der Waals surface area contributed by atoms with Crippen molar-refractivity contribution in [2.45, 2.75) is 31.0 Å². The lowest BCUT2D eigenvalue weighted by molar-refractivity contribution is -0.132. The van der Waals surface area contributed by atoms with Crippen molar-refractivity contribution in [2.75, 3.05) is 12.3 Å². The van der Waals surface area contributed by atoms with Gasteiger partial charge in [0.1, 0.15) is 0 Å². The van der Waals surface area contributed by atoms with Gasteiger partial charge in [0.15, 0.2) is 11.0 Å². The number of benzene rings is 3. The lowest BCUT2D eigenvalue weighted by Gasteiger charge is -2.29. The van der Waals surface area contributed by atoms with Crippen LogP contribution in [0.15, 0.2) is 90.1 Å². The number of thioether (sulfide) groups is 1. The minimum atomic E-state index is 0.236. The molecule has 2 heterocycles. The molecule has 0 aliphatic carbocycles. The molecule has 0 bridgehead atoms. The molecule has 0 atom stereocenters. The Morgan fingerprint density at radius 1 is 0.848 bits per heavy atom. The van der Waals surface area contributed by atoms with Crippen LogP contribution in [0, 0.1) is 0 Å². The van der Waals surface area contributed by atoms with Gasteiger partial charge in [-0.3, -0.25) is 9.36 Å². The third-order valence-electron chi connectivity index (χ3n) is 5.93. The van der Waals surface area contributed by atoms with Gasteiger partial charge in [-0.15, -0.1) is 10.2 Å². The molecular formula is C27H26N4OS. The summed E-state index contributed by atoms with van der Waals surface area (Å²) in [6.45, 7) is 1.54. The van der Waals surface area contributed by atoms with E-state index in [0.29, 0.717) is 6.42 Å². The summed E-state index contributed by atoms with van der Waals surface area (Å²) in [5.74, 6) is 1.88. The number of amides is 1. The van der Waals surface area contributed by atoms with Crippen molar-refractivity contribution in [1.29, 1.82) is 0 Å². The standard InChI is InChI=1S/C27H26N4OS/c32-25(30-18-17-21-10-7-8-13-23(21)20-30)16-9-19-33-27-29-28-26(22-11-3-1-4-12-22)31(27)24-14-5-2-6-15-24/h1-8,10-15H,9,16-20H2. The van der Waals surface area contributed by atoms with Gasteiger partial charge in [-0.25, -0.2) is 0 Å². The number of hydrogen-bond donors (Lipinski definition) is 0. The second-order valence-corrected chi connectivity index (χ2v) is 9.19. The Morgan fingerprint density at radius 2 is 1.55 bits per heavy atom. The van der Waals surface area contributed by atoms with Crippen LogP contribution in [0.2, 0.25) is 0 Å². The summed E-state index contributed by atoms with van der Waals surface area (Å²) < 4.78 is 2.10. The highest BCUT2D eigenvalue weighted by atomic mass is 32.2. The summed E-state index contributed by atoms with van der Waals surface area (Å²) in [7, 11) is 0. The maximum Gasteiger partial charge on any atom is 0.222 e. The van der Waals surface area contributed by atoms with Gasteiger partial charge in [0, 0.05) is 36.5 Å². The second kappa shape index (κ2) is 10.0. The number of nitrogens with zero attached hydrogens (tertiary/aromatic N) is 4. The van der Waals surface area contributed by atoms with Crippen LogP contribution in [0.4, 0.5) is 0 Å². The number of fused-ring (bicyclic) bond motifs is 1. The molecule has 3 aromatic carbocycles. The van der Waals surface area contributed by atoms with Crippen molar-refractivity contribution in [3.63, 3.8) is 0 Å². The van der Waals surface area contributed by atoms with E-state index in [4.69, 9.17) is 0 Å². The lowest BCUT2D eigenvalue weighted by atomic mass is 10.00. The Bertz CT molecular complexity index is 1220. The molecule has 33 heavy (non-hydrogen) atoms. The molecular weight excluding hydrogens is 428 g/mol. The van der Waals surface area contributed by atoms with E-state index in [1.807, 2.05) is 53.4 Å². The van der Waals surface area contributed by atoms with E-state index in [1.165, 1.54) is 11.1 Å². The first-order valence-corrected chi connectivity index (χ1v) is 12.3.